The number of aliphatic carboxylic acids is 2. The van der Waals surface area contributed by atoms with Gasteiger partial charge in [-0.25, -0.2) is 0 Å². The molecule has 0 fully saturated rings. The first-order valence-electron chi connectivity index (χ1n) is 8.90. The van der Waals surface area contributed by atoms with Crippen LogP contribution in [0.2, 0.25) is 0 Å². The van der Waals surface area contributed by atoms with Crippen LogP contribution in [0.1, 0.15) is 24.0 Å². The number of carbonyl (C=O) groups is 3. The van der Waals surface area contributed by atoms with E-state index in [1.54, 1.807) is 24.3 Å². The van der Waals surface area contributed by atoms with Crippen molar-refractivity contribution in [2.75, 3.05) is 6.54 Å². The summed E-state index contributed by atoms with van der Waals surface area (Å²) in [5.41, 5.74) is 6.92. The van der Waals surface area contributed by atoms with E-state index in [1.807, 2.05) is 36.4 Å². The summed E-state index contributed by atoms with van der Waals surface area (Å²) in [5.74, 6) is -2.64. The summed E-state index contributed by atoms with van der Waals surface area (Å²) in [6, 6.07) is 17.1. The summed E-state index contributed by atoms with van der Waals surface area (Å²) in [4.78, 5) is 32.5. The molecule has 1 amide bonds. The molecule has 0 spiro atoms. The Hall–Kier alpha value is -1.19. The molecule has 0 radical (unpaired) electrons. The summed E-state index contributed by atoms with van der Waals surface area (Å²) < 4.78 is 0. The Labute approximate surface area is 221 Å². The largest absolute Gasteiger partial charge is 1.00 e. The van der Waals surface area contributed by atoms with Crippen molar-refractivity contribution in [3.8, 4) is 0 Å². The first-order chi connectivity index (χ1) is 13.4. The van der Waals surface area contributed by atoms with Gasteiger partial charge in [0.25, 0.3) is 0 Å². The molecule has 1 atom stereocenters. The summed E-state index contributed by atoms with van der Waals surface area (Å²) in [6.45, 7) is 0.387. The number of carbonyl (C=O) groups excluding carboxylic acids is 3. The van der Waals surface area contributed by atoms with Crippen molar-refractivity contribution in [3.63, 3.8) is 0 Å². The van der Waals surface area contributed by atoms with Crippen LogP contribution >= 0.6 is 0 Å². The molecular weight excluding hydrogens is 406 g/mol. The van der Waals surface area contributed by atoms with Crippen molar-refractivity contribution >= 4 is 17.8 Å². The number of hydrogen-bond acceptors (Lipinski definition) is 6. The normalized spacial score (nSPS) is 10.2. The van der Waals surface area contributed by atoms with Gasteiger partial charge in [-0.1, -0.05) is 60.7 Å². The number of carboxylic acids is 2. The van der Waals surface area contributed by atoms with E-state index in [2.05, 4.69) is 5.32 Å². The number of hydrogen-bond donors (Lipinski definition) is 2. The Morgan fingerprint density at radius 2 is 1.30 bits per heavy atom. The average molecular weight is 430 g/mol. The molecule has 0 heterocycles. The fourth-order valence-corrected chi connectivity index (χ4v) is 2.36. The Bertz CT molecular complexity index is 746. The summed E-state index contributed by atoms with van der Waals surface area (Å²) >= 11 is 0. The summed E-state index contributed by atoms with van der Waals surface area (Å²) in [7, 11) is 0. The van der Waals surface area contributed by atoms with E-state index in [1.165, 1.54) is 0 Å². The van der Waals surface area contributed by atoms with Crippen LogP contribution < -0.4 is 80.4 Å². The van der Waals surface area contributed by atoms with Crippen LogP contribution in [0.15, 0.2) is 60.7 Å². The zero-order chi connectivity index (χ0) is 20.8. The average Bonchev–Trinajstić information content (AvgIpc) is 2.66. The van der Waals surface area contributed by atoms with Crippen molar-refractivity contribution in [1.82, 2.24) is 5.32 Å². The molecule has 150 valence electrons. The third-order valence-corrected chi connectivity index (χ3v) is 3.72. The smallest absolute Gasteiger partial charge is 0.550 e. The second-order valence-corrected chi connectivity index (χ2v) is 6.07. The first-order valence-corrected chi connectivity index (χ1v) is 8.90. The van der Waals surface area contributed by atoms with Gasteiger partial charge in [-0.3, -0.25) is 4.79 Å². The van der Waals surface area contributed by atoms with Crippen LogP contribution in [0.25, 0.3) is 0 Å². The Balaban J connectivity index is 0. The van der Waals surface area contributed by atoms with Crippen molar-refractivity contribution in [2.45, 2.75) is 31.7 Å². The van der Waals surface area contributed by atoms with E-state index < -0.39 is 18.0 Å². The Morgan fingerprint density at radius 1 is 0.833 bits per heavy atom. The summed E-state index contributed by atoms with van der Waals surface area (Å²) in [6.07, 6.45) is 0.984. The van der Waals surface area contributed by atoms with Gasteiger partial charge in [0, 0.05) is 12.4 Å². The van der Waals surface area contributed by atoms with Gasteiger partial charge < -0.3 is 30.9 Å². The van der Waals surface area contributed by atoms with Crippen LogP contribution in [-0.2, 0) is 27.2 Å². The van der Waals surface area contributed by atoms with Gasteiger partial charge in [0.15, 0.2) is 0 Å². The Kier molecular flexibility index (Phi) is 19.2. The van der Waals surface area contributed by atoms with E-state index in [-0.39, 0.29) is 77.9 Å². The molecule has 7 nitrogen and oxygen atoms in total. The minimum atomic E-state index is -1.27. The van der Waals surface area contributed by atoms with Gasteiger partial charge in [0.05, 0.1) is 18.4 Å². The molecule has 0 saturated carbocycles. The summed E-state index contributed by atoms with van der Waals surface area (Å²) in [5, 5.41) is 23.3. The topological polar surface area (TPSA) is 135 Å². The van der Waals surface area contributed by atoms with Crippen LogP contribution in [0.3, 0.4) is 0 Å². The molecule has 0 aliphatic heterocycles. The number of benzene rings is 2. The number of nitrogens with two attached hydrogens (primary N) is 1. The van der Waals surface area contributed by atoms with Crippen molar-refractivity contribution in [1.29, 1.82) is 0 Å². The molecule has 30 heavy (non-hydrogen) atoms. The molecule has 3 N–H and O–H groups in total. The standard InChI is InChI=1S/C13H18N2O3.C8H8O2.2Na/c14-8-4-7-11(13(17)18)15-12(16)9-10-5-2-1-3-6-10;9-8(10)6-7-4-2-1-3-5-7;;/h1-3,5-6,11H,4,7-9,14H2,(H,15,16)(H,17,18);1-5H,6H2,(H,9,10);;/q;;2*+1/p-2. The number of amides is 1. The van der Waals surface area contributed by atoms with Gasteiger partial charge >= 0.3 is 59.1 Å². The molecule has 0 saturated heterocycles. The maximum Gasteiger partial charge on any atom is 1.00 e. The molecule has 0 aliphatic rings. The second kappa shape index (κ2) is 18.6. The number of nitrogens with one attached hydrogen (secondary N) is 1. The predicted molar refractivity (Wildman–Crippen MR) is 101 cm³/mol. The SMILES string of the molecule is NCCCC(NC(=O)Cc1ccccc1)C(=O)[O-].O=C([O-])Cc1ccccc1.[Na+].[Na+]. The van der Waals surface area contributed by atoms with Crippen molar-refractivity contribution < 1.29 is 83.7 Å². The maximum atomic E-state index is 11.7. The molecule has 0 bridgehead atoms. The molecule has 2 aromatic carbocycles. The fourth-order valence-electron chi connectivity index (χ4n) is 2.36. The van der Waals surface area contributed by atoms with E-state index in [0.717, 1.165) is 11.1 Å². The molecule has 0 aliphatic carbocycles. The molecular formula is C21H24N2Na2O5. The molecule has 0 aromatic heterocycles. The van der Waals surface area contributed by atoms with Crippen LogP contribution in [0, 0.1) is 0 Å². The van der Waals surface area contributed by atoms with Gasteiger partial charge in [-0.15, -0.1) is 0 Å². The number of rotatable bonds is 9. The predicted octanol–water partition coefficient (Wildman–Crippen LogP) is -6.81. The zero-order valence-electron chi connectivity index (χ0n) is 17.5. The second-order valence-electron chi connectivity index (χ2n) is 6.07. The molecule has 2 rings (SSSR count). The number of carboxylic acid groups (broad SMARTS) is 2. The van der Waals surface area contributed by atoms with Crippen LogP contribution in [-0.4, -0.2) is 30.4 Å². The Morgan fingerprint density at radius 3 is 1.70 bits per heavy atom. The molecule has 2 aromatic rings. The van der Waals surface area contributed by atoms with Gasteiger partial charge in [-0.05, 0) is 30.5 Å². The molecule has 9 heteroatoms. The third kappa shape index (κ3) is 14.7. The maximum absolute atomic E-state index is 11.7. The van der Waals surface area contributed by atoms with Gasteiger partial charge in [0.2, 0.25) is 5.91 Å². The van der Waals surface area contributed by atoms with E-state index in [4.69, 9.17) is 5.73 Å². The van der Waals surface area contributed by atoms with E-state index in [9.17, 15) is 24.6 Å². The quantitative estimate of drug-likeness (QED) is 0.380. The minimum Gasteiger partial charge on any atom is -0.550 e. The fraction of sp³-hybridized carbons (Fsp3) is 0.286. The van der Waals surface area contributed by atoms with Crippen molar-refractivity contribution in [3.05, 3.63) is 71.8 Å². The zero-order valence-corrected chi connectivity index (χ0v) is 21.5. The van der Waals surface area contributed by atoms with Gasteiger partial charge in [0.1, 0.15) is 0 Å². The minimum absolute atomic E-state index is 0. The third-order valence-electron chi connectivity index (χ3n) is 3.72. The van der Waals surface area contributed by atoms with E-state index >= 15 is 0 Å². The molecule has 1 unspecified atom stereocenters. The first kappa shape index (κ1) is 31.0. The van der Waals surface area contributed by atoms with Crippen molar-refractivity contribution in [2.24, 2.45) is 5.73 Å². The monoisotopic (exact) mass is 430 g/mol. The van der Waals surface area contributed by atoms with Crippen LogP contribution in [0.5, 0.6) is 0 Å². The van der Waals surface area contributed by atoms with Crippen LogP contribution in [0.4, 0.5) is 0 Å². The van der Waals surface area contributed by atoms with Gasteiger partial charge in [-0.2, -0.15) is 0 Å². The van der Waals surface area contributed by atoms with E-state index in [0.29, 0.717) is 19.4 Å².